The molecule has 1 aliphatic heterocycles. The summed E-state index contributed by atoms with van der Waals surface area (Å²) in [6.07, 6.45) is 1.96. The number of aliphatic hydroxyl groups excluding tert-OH is 1. The summed E-state index contributed by atoms with van der Waals surface area (Å²) in [5, 5.41) is 13.9. The van der Waals surface area contributed by atoms with Crippen LogP contribution in [0.1, 0.15) is 24.8 Å². The maximum absolute atomic E-state index is 12.0. The fourth-order valence-corrected chi connectivity index (χ4v) is 2.97. The second-order valence-corrected chi connectivity index (χ2v) is 6.14. The molecule has 0 saturated carbocycles. The molecule has 7 heteroatoms. The topological polar surface area (TPSA) is 96.9 Å². The first kappa shape index (κ1) is 19.2. The van der Waals surface area contributed by atoms with Gasteiger partial charge in [0.25, 0.3) is 0 Å². The molecule has 0 unspecified atom stereocenters. The molecule has 2 amide bonds. The zero-order valence-corrected chi connectivity index (χ0v) is 14.5. The summed E-state index contributed by atoms with van der Waals surface area (Å²) in [6, 6.07) is 7.79. The summed E-state index contributed by atoms with van der Waals surface area (Å²) >= 11 is 0. The molecule has 1 saturated heterocycles. The van der Waals surface area contributed by atoms with E-state index in [2.05, 4.69) is 10.6 Å². The zero-order valence-electron chi connectivity index (χ0n) is 14.5. The Labute approximate surface area is 147 Å². The van der Waals surface area contributed by atoms with E-state index in [1.807, 2.05) is 24.3 Å². The van der Waals surface area contributed by atoms with Crippen molar-refractivity contribution in [3.63, 3.8) is 0 Å². The van der Waals surface area contributed by atoms with Crippen LogP contribution in [0.25, 0.3) is 0 Å². The molecule has 1 fully saturated rings. The number of amides is 2. The summed E-state index contributed by atoms with van der Waals surface area (Å²) in [5.41, 5.74) is 0.837. The highest BCUT2D eigenvalue weighted by Crippen LogP contribution is 2.35. The van der Waals surface area contributed by atoms with Crippen molar-refractivity contribution in [3.05, 3.63) is 29.8 Å². The fourth-order valence-electron chi connectivity index (χ4n) is 2.97. The van der Waals surface area contributed by atoms with Gasteiger partial charge >= 0.3 is 11.8 Å². The second kappa shape index (κ2) is 9.39. The number of hydrogen-bond donors (Lipinski definition) is 3. The second-order valence-electron chi connectivity index (χ2n) is 6.14. The Bertz CT molecular complexity index is 567. The maximum atomic E-state index is 12.0. The van der Waals surface area contributed by atoms with Crippen molar-refractivity contribution < 1.29 is 24.2 Å². The standard InChI is InChI=1S/C18H26N2O5/c1-24-15-5-3-14(4-6-15)18(7-11-25-12-8-18)13-20-17(23)16(22)19-9-2-10-21/h3-6,21H,2,7-13H2,1H3,(H,19,22)(H,20,23). The monoisotopic (exact) mass is 350 g/mol. The van der Waals surface area contributed by atoms with Gasteiger partial charge in [-0.2, -0.15) is 0 Å². The first-order chi connectivity index (χ1) is 12.1. The summed E-state index contributed by atoms with van der Waals surface area (Å²) < 4.78 is 10.7. The molecule has 0 spiro atoms. The van der Waals surface area contributed by atoms with Gasteiger partial charge in [-0.3, -0.25) is 9.59 Å². The van der Waals surface area contributed by atoms with E-state index in [-0.39, 0.29) is 18.6 Å². The summed E-state index contributed by atoms with van der Waals surface area (Å²) in [5.74, 6) is -0.555. The van der Waals surface area contributed by atoms with Gasteiger partial charge in [-0.15, -0.1) is 0 Å². The molecular weight excluding hydrogens is 324 g/mol. The van der Waals surface area contributed by atoms with Gasteiger partial charge in [-0.25, -0.2) is 0 Å². The number of rotatable bonds is 7. The highest BCUT2D eigenvalue weighted by molar-refractivity contribution is 6.35. The van der Waals surface area contributed by atoms with Crippen LogP contribution in [0.4, 0.5) is 0 Å². The van der Waals surface area contributed by atoms with Crippen molar-refractivity contribution >= 4 is 11.8 Å². The first-order valence-corrected chi connectivity index (χ1v) is 8.50. The Morgan fingerprint density at radius 2 is 1.80 bits per heavy atom. The molecule has 0 aromatic heterocycles. The molecule has 25 heavy (non-hydrogen) atoms. The third-order valence-corrected chi connectivity index (χ3v) is 4.57. The minimum atomic E-state index is -0.676. The van der Waals surface area contributed by atoms with E-state index in [0.717, 1.165) is 24.2 Å². The highest BCUT2D eigenvalue weighted by Gasteiger charge is 2.35. The van der Waals surface area contributed by atoms with E-state index in [4.69, 9.17) is 14.6 Å². The number of nitrogens with one attached hydrogen (secondary N) is 2. The molecule has 0 bridgehead atoms. The highest BCUT2D eigenvalue weighted by atomic mass is 16.5. The Morgan fingerprint density at radius 3 is 2.40 bits per heavy atom. The number of ether oxygens (including phenoxy) is 2. The van der Waals surface area contributed by atoms with Crippen LogP contribution in [0.15, 0.2) is 24.3 Å². The third kappa shape index (κ3) is 5.17. The van der Waals surface area contributed by atoms with E-state index in [0.29, 0.717) is 26.2 Å². The van der Waals surface area contributed by atoms with Crippen molar-refractivity contribution in [1.82, 2.24) is 10.6 Å². The van der Waals surface area contributed by atoms with Crippen LogP contribution < -0.4 is 15.4 Å². The van der Waals surface area contributed by atoms with Gasteiger partial charge in [0, 0.05) is 38.3 Å². The Morgan fingerprint density at radius 1 is 1.16 bits per heavy atom. The lowest BCUT2D eigenvalue weighted by Crippen LogP contribution is -2.48. The van der Waals surface area contributed by atoms with E-state index >= 15 is 0 Å². The summed E-state index contributed by atoms with van der Waals surface area (Å²) in [6.45, 7) is 1.85. The van der Waals surface area contributed by atoms with Crippen molar-refractivity contribution in [2.45, 2.75) is 24.7 Å². The van der Waals surface area contributed by atoms with E-state index in [1.165, 1.54) is 0 Å². The van der Waals surface area contributed by atoms with Crippen LogP contribution in [0.2, 0.25) is 0 Å². The van der Waals surface area contributed by atoms with E-state index in [1.54, 1.807) is 7.11 Å². The van der Waals surface area contributed by atoms with E-state index < -0.39 is 11.8 Å². The van der Waals surface area contributed by atoms with Gasteiger partial charge in [0.2, 0.25) is 0 Å². The summed E-state index contributed by atoms with van der Waals surface area (Å²) in [7, 11) is 1.62. The van der Waals surface area contributed by atoms with Gasteiger partial charge in [0.05, 0.1) is 7.11 Å². The molecule has 1 heterocycles. The Balaban J connectivity index is 2.02. The molecule has 0 aliphatic carbocycles. The largest absolute Gasteiger partial charge is 0.497 e. The predicted octanol–water partition coefficient (Wildman–Crippen LogP) is 0.358. The Hall–Kier alpha value is -2.12. The molecule has 1 aromatic carbocycles. The van der Waals surface area contributed by atoms with Crippen molar-refractivity contribution in [2.75, 3.05) is 40.0 Å². The van der Waals surface area contributed by atoms with Crippen LogP contribution >= 0.6 is 0 Å². The van der Waals surface area contributed by atoms with Gasteiger partial charge in [-0.05, 0) is 37.0 Å². The minimum absolute atomic E-state index is 0.0253. The normalized spacial score (nSPS) is 16.1. The minimum Gasteiger partial charge on any atom is -0.497 e. The molecule has 138 valence electrons. The third-order valence-electron chi connectivity index (χ3n) is 4.57. The fraction of sp³-hybridized carbons (Fsp3) is 0.556. The van der Waals surface area contributed by atoms with E-state index in [9.17, 15) is 9.59 Å². The lowest BCUT2D eigenvalue weighted by molar-refractivity contribution is -0.139. The number of carbonyl (C=O) groups is 2. The molecule has 1 aromatic rings. The average Bonchev–Trinajstić information content (AvgIpc) is 2.67. The number of carbonyl (C=O) groups excluding carboxylic acids is 2. The quantitative estimate of drug-likeness (QED) is 0.487. The van der Waals surface area contributed by atoms with Crippen LogP contribution in [-0.2, 0) is 19.7 Å². The number of benzene rings is 1. The average molecular weight is 350 g/mol. The van der Waals surface area contributed by atoms with Crippen molar-refractivity contribution in [3.8, 4) is 5.75 Å². The lowest BCUT2D eigenvalue weighted by Gasteiger charge is -2.38. The van der Waals surface area contributed by atoms with Crippen LogP contribution in [0.5, 0.6) is 5.75 Å². The van der Waals surface area contributed by atoms with Crippen molar-refractivity contribution in [2.24, 2.45) is 0 Å². The van der Waals surface area contributed by atoms with Gasteiger partial charge in [-0.1, -0.05) is 12.1 Å². The van der Waals surface area contributed by atoms with Gasteiger partial charge in [0.1, 0.15) is 5.75 Å². The predicted molar refractivity (Wildman–Crippen MR) is 92.4 cm³/mol. The molecule has 0 radical (unpaired) electrons. The van der Waals surface area contributed by atoms with Crippen molar-refractivity contribution in [1.29, 1.82) is 0 Å². The summed E-state index contributed by atoms with van der Waals surface area (Å²) in [4.78, 5) is 23.8. The zero-order chi connectivity index (χ0) is 18.1. The molecule has 1 aliphatic rings. The van der Waals surface area contributed by atoms with Gasteiger partial charge < -0.3 is 25.2 Å². The SMILES string of the molecule is COc1ccc(C2(CNC(=O)C(=O)NCCCO)CCOCC2)cc1. The van der Waals surface area contributed by atoms with Crippen LogP contribution in [0.3, 0.4) is 0 Å². The smallest absolute Gasteiger partial charge is 0.309 e. The Kier molecular flexibility index (Phi) is 7.21. The van der Waals surface area contributed by atoms with Crippen LogP contribution in [0, 0.1) is 0 Å². The van der Waals surface area contributed by atoms with Gasteiger partial charge in [0.15, 0.2) is 0 Å². The number of aliphatic hydroxyl groups is 1. The first-order valence-electron chi connectivity index (χ1n) is 8.50. The molecule has 3 N–H and O–H groups in total. The number of hydrogen-bond acceptors (Lipinski definition) is 5. The van der Waals surface area contributed by atoms with Crippen LogP contribution in [-0.4, -0.2) is 56.9 Å². The number of methoxy groups -OCH3 is 1. The lowest BCUT2D eigenvalue weighted by atomic mass is 9.74. The molecule has 0 atom stereocenters. The maximum Gasteiger partial charge on any atom is 0.309 e. The molecule has 7 nitrogen and oxygen atoms in total. The molecular formula is C18H26N2O5. The molecule has 2 rings (SSSR count).